The normalized spacial score (nSPS) is 14.6. The lowest BCUT2D eigenvalue weighted by molar-refractivity contribution is -0.119. The molecule has 116 valence electrons. The van der Waals surface area contributed by atoms with E-state index in [0.29, 0.717) is 22.5 Å². The lowest BCUT2D eigenvalue weighted by Gasteiger charge is -2.21. The molecule has 0 fully saturated rings. The van der Waals surface area contributed by atoms with Gasteiger partial charge in [0.25, 0.3) is 11.8 Å². The lowest BCUT2D eigenvalue weighted by Crippen LogP contribution is -2.45. The number of nitrogen functional groups attached to an aromatic ring is 1. The van der Waals surface area contributed by atoms with Gasteiger partial charge < -0.3 is 11.1 Å². The van der Waals surface area contributed by atoms with Crippen molar-refractivity contribution in [2.45, 2.75) is 13.0 Å². The summed E-state index contributed by atoms with van der Waals surface area (Å²) in [5.41, 5.74) is 7.33. The summed E-state index contributed by atoms with van der Waals surface area (Å²) in [7, 11) is 0. The van der Waals surface area contributed by atoms with Crippen molar-refractivity contribution in [2.75, 3.05) is 11.1 Å². The van der Waals surface area contributed by atoms with E-state index in [9.17, 15) is 14.4 Å². The van der Waals surface area contributed by atoms with E-state index in [1.54, 1.807) is 48.5 Å². The van der Waals surface area contributed by atoms with Crippen molar-refractivity contribution in [3.8, 4) is 0 Å². The molecule has 1 atom stereocenters. The zero-order valence-corrected chi connectivity index (χ0v) is 12.4. The van der Waals surface area contributed by atoms with Crippen LogP contribution in [0.25, 0.3) is 0 Å². The topological polar surface area (TPSA) is 92.5 Å². The lowest BCUT2D eigenvalue weighted by atomic mass is 10.1. The smallest absolute Gasteiger partial charge is 0.262 e. The number of benzene rings is 2. The Kier molecular flexibility index (Phi) is 3.57. The Balaban J connectivity index is 1.81. The molecule has 3 N–H and O–H groups in total. The number of rotatable bonds is 3. The summed E-state index contributed by atoms with van der Waals surface area (Å²) in [5, 5.41) is 2.66. The second-order valence-corrected chi connectivity index (χ2v) is 5.32. The van der Waals surface area contributed by atoms with Crippen LogP contribution in [0.4, 0.5) is 11.4 Å². The van der Waals surface area contributed by atoms with Crippen LogP contribution in [0.3, 0.4) is 0 Å². The third-order valence-corrected chi connectivity index (χ3v) is 3.75. The van der Waals surface area contributed by atoms with E-state index in [-0.39, 0.29) is 0 Å². The molecule has 6 nitrogen and oxygen atoms in total. The molecule has 0 aliphatic carbocycles. The highest BCUT2D eigenvalue weighted by molar-refractivity contribution is 6.23. The third-order valence-electron chi connectivity index (χ3n) is 3.75. The largest absolute Gasteiger partial charge is 0.399 e. The van der Waals surface area contributed by atoms with Crippen LogP contribution in [-0.4, -0.2) is 28.7 Å². The maximum atomic E-state index is 12.4. The van der Waals surface area contributed by atoms with Gasteiger partial charge in [0, 0.05) is 11.4 Å². The van der Waals surface area contributed by atoms with Gasteiger partial charge in [-0.1, -0.05) is 18.2 Å². The predicted molar refractivity (Wildman–Crippen MR) is 85.9 cm³/mol. The van der Waals surface area contributed by atoms with Gasteiger partial charge >= 0.3 is 0 Å². The van der Waals surface area contributed by atoms with Crippen molar-refractivity contribution in [3.63, 3.8) is 0 Å². The SMILES string of the molecule is CC(C(=O)Nc1cccc(N)c1)N1C(=O)c2ccccc2C1=O. The van der Waals surface area contributed by atoms with Crippen molar-refractivity contribution in [2.24, 2.45) is 0 Å². The van der Waals surface area contributed by atoms with Gasteiger partial charge in [-0.25, -0.2) is 0 Å². The second-order valence-electron chi connectivity index (χ2n) is 5.32. The summed E-state index contributed by atoms with van der Waals surface area (Å²) in [6.07, 6.45) is 0. The van der Waals surface area contributed by atoms with Crippen molar-refractivity contribution < 1.29 is 14.4 Å². The maximum absolute atomic E-state index is 12.4. The third kappa shape index (κ3) is 2.55. The first kappa shape index (κ1) is 14.8. The first-order valence-corrected chi connectivity index (χ1v) is 7.12. The minimum absolute atomic E-state index is 0.320. The number of nitrogens with zero attached hydrogens (tertiary/aromatic N) is 1. The number of carbonyl (C=O) groups excluding carboxylic acids is 3. The second kappa shape index (κ2) is 5.57. The Labute approximate surface area is 132 Å². The van der Waals surface area contributed by atoms with Crippen molar-refractivity contribution in [1.82, 2.24) is 4.90 Å². The van der Waals surface area contributed by atoms with Crippen LogP contribution >= 0.6 is 0 Å². The fraction of sp³-hybridized carbons (Fsp3) is 0.118. The highest BCUT2D eigenvalue weighted by atomic mass is 16.2. The number of imide groups is 1. The zero-order valence-electron chi connectivity index (χ0n) is 12.4. The molecule has 0 aromatic heterocycles. The van der Waals surface area contributed by atoms with Gasteiger partial charge in [-0.3, -0.25) is 19.3 Å². The standard InChI is InChI=1S/C17H15N3O3/c1-10(15(21)19-12-6-4-5-11(18)9-12)20-16(22)13-7-2-3-8-14(13)17(20)23/h2-10H,18H2,1H3,(H,19,21). The Morgan fingerprint density at radius 3 is 2.22 bits per heavy atom. The van der Waals surface area contributed by atoms with Crippen LogP contribution in [0.2, 0.25) is 0 Å². The van der Waals surface area contributed by atoms with Gasteiger partial charge in [-0.2, -0.15) is 0 Å². The first-order valence-electron chi connectivity index (χ1n) is 7.12. The van der Waals surface area contributed by atoms with Gasteiger partial charge in [-0.15, -0.1) is 0 Å². The van der Waals surface area contributed by atoms with Crippen LogP contribution in [0.15, 0.2) is 48.5 Å². The molecule has 0 radical (unpaired) electrons. The molecule has 0 spiro atoms. The zero-order chi connectivity index (χ0) is 16.6. The Morgan fingerprint density at radius 1 is 1.04 bits per heavy atom. The first-order chi connectivity index (χ1) is 11.0. The van der Waals surface area contributed by atoms with E-state index in [1.807, 2.05) is 0 Å². The molecule has 1 heterocycles. The number of nitrogens with one attached hydrogen (secondary N) is 1. The number of hydrogen-bond acceptors (Lipinski definition) is 4. The predicted octanol–water partition coefficient (Wildman–Crippen LogP) is 1.89. The van der Waals surface area contributed by atoms with Gasteiger partial charge in [0.15, 0.2) is 0 Å². The van der Waals surface area contributed by atoms with E-state index in [0.717, 1.165) is 4.90 Å². The summed E-state index contributed by atoms with van der Waals surface area (Å²) in [4.78, 5) is 38.1. The number of nitrogens with two attached hydrogens (primary N) is 1. The monoisotopic (exact) mass is 309 g/mol. The summed E-state index contributed by atoms with van der Waals surface area (Å²) < 4.78 is 0. The number of anilines is 2. The average Bonchev–Trinajstić information content (AvgIpc) is 2.79. The molecule has 0 saturated heterocycles. The molecule has 3 rings (SSSR count). The van der Waals surface area contributed by atoms with E-state index >= 15 is 0 Å². The molecule has 6 heteroatoms. The van der Waals surface area contributed by atoms with E-state index in [4.69, 9.17) is 5.73 Å². The number of amides is 3. The summed E-state index contributed by atoms with van der Waals surface area (Å²) in [6, 6.07) is 12.3. The van der Waals surface area contributed by atoms with Gasteiger partial charge in [0.1, 0.15) is 6.04 Å². The van der Waals surface area contributed by atoms with Crippen molar-refractivity contribution >= 4 is 29.1 Å². The van der Waals surface area contributed by atoms with E-state index < -0.39 is 23.8 Å². The highest BCUT2D eigenvalue weighted by Gasteiger charge is 2.40. The number of fused-ring (bicyclic) bond motifs is 1. The molecule has 2 aromatic carbocycles. The van der Waals surface area contributed by atoms with Crippen LogP contribution in [-0.2, 0) is 4.79 Å². The molecule has 0 saturated carbocycles. The van der Waals surface area contributed by atoms with Crippen molar-refractivity contribution in [3.05, 3.63) is 59.7 Å². The van der Waals surface area contributed by atoms with Crippen LogP contribution in [0.1, 0.15) is 27.6 Å². The summed E-state index contributed by atoms with van der Waals surface area (Å²) >= 11 is 0. The molecule has 1 unspecified atom stereocenters. The summed E-state index contributed by atoms with van der Waals surface area (Å²) in [5.74, 6) is -1.37. The minimum Gasteiger partial charge on any atom is -0.399 e. The maximum Gasteiger partial charge on any atom is 0.262 e. The Bertz CT molecular complexity index is 781. The summed E-state index contributed by atoms with van der Waals surface area (Å²) in [6.45, 7) is 1.52. The van der Waals surface area contributed by atoms with Gasteiger partial charge in [0.2, 0.25) is 5.91 Å². The van der Waals surface area contributed by atoms with E-state index in [2.05, 4.69) is 5.32 Å². The molecular formula is C17H15N3O3. The highest BCUT2D eigenvalue weighted by Crippen LogP contribution is 2.25. The molecule has 1 aliphatic heterocycles. The Morgan fingerprint density at radius 2 is 1.65 bits per heavy atom. The quantitative estimate of drug-likeness (QED) is 0.669. The van der Waals surface area contributed by atoms with E-state index in [1.165, 1.54) is 6.92 Å². The fourth-order valence-electron chi connectivity index (χ4n) is 2.54. The molecule has 2 aromatic rings. The van der Waals surface area contributed by atoms with Gasteiger partial charge in [0.05, 0.1) is 11.1 Å². The average molecular weight is 309 g/mol. The molecular weight excluding hydrogens is 294 g/mol. The van der Waals surface area contributed by atoms with Crippen LogP contribution in [0, 0.1) is 0 Å². The fourth-order valence-corrected chi connectivity index (χ4v) is 2.54. The van der Waals surface area contributed by atoms with Crippen LogP contribution in [0.5, 0.6) is 0 Å². The number of carbonyl (C=O) groups is 3. The molecule has 0 bridgehead atoms. The van der Waals surface area contributed by atoms with Crippen molar-refractivity contribution in [1.29, 1.82) is 0 Å². The van der Waals surface area contributed by atoms with Gasteiger partial charge in [-0.05, 0) is 37.3 Å². The Hall–Kier alpha value is -3.15. The molecule has 23 heavy (non-hydrogen) atoms. The molecule has 1 aliphatic rings. The number of hydrogen-bond donors (Lipinski definition) is 2. The molecule has 3 amide bonds. The van der Waals surface area contributed by atoms with Crippen LogP contribution < -0.4 is 11.1 Å². The minimum atomic E-state index is -0.927.